The summed E-state index contributed by atoms with van der Waals surface area (Å²) in [5, 5.41) is 0. The smallest absolute Gasteiger partial charge is 5.00 e. The normalized spacial score (nSPS) is 2.50. The fourth-order valence-corrected chi connectivity index (χ4v) is 0. The van der Waals surface area contributed by atoms with E-state index in [-0.39, 0.29) is 76.5 Å². The first-order valence-corrected chi connectivity index (χ1v) is 3.24. The molecular formula is Li2NbO6Ta. The van der Waals surface area contributed by atoms with E-state index in [1.54, 1.807) is 0 Å². The van der Waals surface area contributed by atoms with Gasteiger partial charge in [0.05, 0.1) is 0 Å². The summed E-state index contributed by atoms with van der Waals surface area (Å²) in [6.07, 6.45) is 0. The van der Waals surface area contributed by atoms with Crippen molar-refractivity contribution in [3.8, 4) is 0 Å². The third-order valence-electron chi connectivity index (χ3n) is 0. The van der Waals surface area contributed by atoms with Crippen molar-refractivity contribution in [1.82, 2.24) is 0 Å². The molecule has 0 N–H and O–H groups in total. The molecule has 0 saturated carbocycles. The summed E-state index contributed by atoms with van der Waals surface area (Å²) in [5.41, 5.74) is 0. The van der Waals surface area contributed by atoms with Gasteiger partial charge in [-0.3, -0.25) is 0 Å². The van der Waals surface area contributed by atoms with Gasteiger partial charge in [0, 0.05) is 0 Å². The Labute approximate surface area is 104 Å². The van der Waals surface area contributed by atoms with E-state index in [4.69, 9.17) is 10.1 Å². The molecule has 0 unspecified atom stereocenters. The molecule has 0 aliphatic heterocycles. The van der Waals surface area contributed by atoms with Crippen LogP contribution in [0.3, 0.4) is 0 Å². The molecule has 0 aromatic carbocycles. The molecule has 0 atom stereocenters. The second kappa shape index (κ2) is 43.5. The molecular weight excluding hydrogens is 384 g/mol. The number of hydrogen-bond donors (Lipinski definition) is 0. The zero-order valence-corrected chi connectivity index (χ0v) is 10.8. The summed E-state index contributed by atoms with van der Waals surface area (Å²) in [6, 6.07) is 0. The van der Waals surface area contributed by atoms with Gasteiger partial charge in [-0.2, -0.15) is 0 Å². The summed E-state index contributed by atoms with van der Waals surface area (Å²) in [5.74, 6) is 0. The number of hydrogen-bond acceptors (Lipinski definition) is 3. The van der Waals surface area contributed by atoms with Crippen LogP contribution in [0.5, 0.6) is 0 Å². The SMILES string of the molecule is [Li+].[Li+].[O-2].[O-2].[O-2].[O]=[Nb](=[O])[O-].[Ta+5]. The minimum Gasteiger partial charge on any atom is 5.00 e. The Hall–Kier alpha value is 2.12. The van der Waals surface area contributed by atoms with Gasteiger partial charge in [0.15, 0.2) is 0 Å². The number of rotatable bonds is 0. The van der Waals surface area contributed by atoms with Crippen molar-refractivity contribution in [1.29, 1.82) is 0 Å². The van der Waals surface area contributed by atoms with Gasteiger partial charge < -0.3 is 16.4 Å². The molecule has 0 aliphatic carbocycles. The maximum Gasteiger partial charge on any atom is 5.00 e. The predicted molar refractivity (Wildman–Crippen MR) is 3.43 cm³/mol. The van der Waals surface area contributed by atoms with E-state index >= 15 is 0 Å². The molecule has 6 nitrogen and oxygen atoms in total. The third-order valence-corrected chi connectivity index (χ3v) is 0. The van der Waals surface area contributed by atoms with Crippen molar-refractivity contribution >= 4 is 0 Å². The standard InChI is InChI=1S/2Li.Nb.6O.Ta/q2*+1;;;;3*-2;-1;+5. The summed E-state index contributed by atoms with van der Waals surface area (Å²) < 4.78 is 25.8. The molecule has 48 valence electrons. The Morgan fingerprint density at radius 1 is 0.900 bits per heavy atom. The van der Waals surface area contributed by atoms with E-state index < -0.39 is 18.8 Å². The Morgan fingerprint density at radius 2 is 0.900 bits per heavy atom. The minimum absolute atomic E-state index is 0. The molecule has 10 heteroatoms. The van der Waals surface area contributed by atoms with Gasteiger partial charge >= 0.3 is 89.0 Å². The van der Waals surface area contributed by atoms with Crippen LogP contribution in [0.4, 0.5) is 0 Å². The molecule has 0 aromatic rings. The van der Waals surface area contributed by atoms with Crippen molar-refractivity contribution in [2.45, 2.75) is 0 Å². The van der Waals surface area contributed by atoms with Crippen LogP contribution in [0.25, 0.3) is 0 Å². The Morgan fingerprint density at radius 3 is 0.900 bits per heavy atom. The molecule has 0 spiro atoms. The van der Waals surface area contributed by atoms with Gasteiger partial charge in [0.1, 0.15) is 0 Å². The van der Waals surface area contributed by atoms with Crippen molar-refractivity contribution in [2.75, 3.05) is 0 Å². The van der Waals surface area contributed by atoms with Crippen LogP contribution in [-0.2, 0) is 64.1 Å². The van der Waals surface area contributed by atoms with E-state index in [0.29, 0.717) is 0 Å². The van der Waals surface area contributed by atoms with Gasteiger partial charge in [-0.05, 0) is 0 Å². The maximum absolute atomic E-state index is 8.60. The molecule has 0 fully saturated rings. The second-order valence-corrected chi connectivity index (χ2v) is 1.32. The fourth-order valence-electron chi connectivity index (χ4n) is 0. The quantitative estimate of drug-likeness (QED) is 0.383. The molecule has 0 heterocycles. The molecule has 0 radical (unpaired) electrons. The summed E-state index contributed by atoms with van der Waals surface area (Å²) in [4.78, 5) is 0. The molecule has 0 rings (SSSR count). The Bertz CT molecular complexity index is 64.1. The van der Waals surface area contributed by atoms with Gasteiger partial charge in [-0.25, -0.2) is 0 Å². The maximum atomic E-state index is 8.60. The van der Waals surface area contributed by atoms with Crippen LogP contribution in [-0.4, -0.2) is 0 Å². The van der Waals surface area contributed by atoms with Crippen LogP contribution < -0.4 is 41.3 Å². The minimum atomic E-state index is -4.20. The van der Waals surface area contributed by atoms with Crippen molar-refractivity contribution in [3.05, 3.63) is 0 Å². The van der Waals surface area contributed by atoms with E-state index in [1.807, 2.05) is 0 Å². The predicted octanol–water partition coefficient (Wildman–Crippen LogP) is -7.78. The topological polar surface area (TPSA) is 143 Å². The first kappa shape index (κ1) is 57.2. The van der Waals surface area contributed by atoms with Gasteiger partial charge in [-0.15, -0.1) is 0 Å². The Balaban J connectivity index is -0.00000000300. The monoisotopic (exact) mass is 384 g/mol. The third kappa shape index (κ3) is 188. The molecule has 0 saturated heterocycles. The molecule has 0 amide bonds. The van der Waals surface area contributed by atoms with E-state index in [1.165, 1.54) is 0 Å². The first-order chi connectivity index (χ1) is 1.73. The van der Waals surface area contributed by atoms with Crippen LogP contribution >= 0.6 is 0 Å². The van der Waals surface area contributed by atoms with Crippen molar-refractivity contribution in [2.24, 2.45) is 0 Å². The van der Waals surface area contributed by atoms with Crippen molar-refractivity contribution < 1.29 is 105 Å². The van der Waals surface area contributed by atoms with Gasteiger partial charge in [0.2, 0.25) is 0 Å². The first-order valence-electron chi connectivity index (χ1n) is 0.548. The van der Waals surface area contributed by atoms with Crippen LogP contribution in [0.1, 0.15) is 0 Å². The van der Waals surface area contributed by atoms with Crippen LogP contribution in [0.15, 0.2) is 0 Å². The summed E-state index contributed by atoms with van der Waals surface area (Å²) in [6.45, 7) is 0. The molecule has 0 aromatic heterocycles. The van der Waals surface area contributed by atoms with E-state index in [0.717, 1.165) is 0 Å². The van der Waals surface area contributed by atoms with Crippen molar-refractivity contribution in [3.63, 3.8) is 0 Å². The second-order valence-electron chi connectivity index (χ2n) is 0.224. The van der Waals surface area contributed by atoms with Crippen LogP contribution in [0.2, 0.25) is 0 Å². The fraction of sp³-hybridized carbons (Fsp3) is 0. The van der Waals surface area contributed by atoms with E-state index in [2.05, 4.69) is 0 Å². The van der Waals surface area contributed by atoms with Crippen LogP contribution in [0, 0.1) is 0 Å². The largest absolute Gasteiger partial charge is 5.00 e. The Kier molecular flexibility index (Phi) is 249. The molecule has 0 aliphatic rings. The summed E-state index contributed by atoms with van der Waals surface area (Å²) in [7, 11) is 0. The van der Waals surface area contributed by atoms with E-state index in [9.17, 15) is 0 Å². The summed E-state index contributed by atoms with van der Waals surface area (Å²) >= 11 is -4.20. The molecule has 10 heavy (non-hydrogen) atoms. The zero-order valence-electron chi connectivity index (χ0n) is 5.34. The zero-order chi connectivity index (χ0) is 3.58. The van der Waals surface area contributed by atoms with Gasteiger partial charge in [-0.1, -0.05) is 0 Å². The average Bonchev–Trinajstić information content (AvgIpc) is 0.811. The van der Waals surface area contributed by atoms with Gasteiger partial charge in [0.25, 0.3) is 0 Å². The molecule has 0 bridgehead atoms. The average molecular weight is 384 g/mol.